The van der Waals surface area contributed by atoms with Gasteiger partial charge in [0.2, 0.25) is 0 Å². The topological polar surface area (TPSA) is 0 Å². The maximum atomic E-state index is 6.22. The van der Waals surface area contributed by atoms with E-state index in [1.165, 1.54) is 0 Å². The lowest BCUT2D eigenvalue weighted by molar-refractivity contribution is 0.762. The van der Waals surface area contributed by atoms with Gasteiger partial charge in [-0.3, -0.25) is 0 Å². The van der Waals surface area contributed by atoms with Crippen molar-refractivity contribution in [1.29, 1.82) is 0 Å². The molecule has 3 heteroatoms. The van der Waals surface area contributed by atoms with E-state index in [4.69, 9.17) is 11.1 Å². The minimum absolute atomic E-state index is 0.00772. The van der Waals surface area contributed by atoms with Crippen LogP contribution in [0.3, 0.4) is 0 Å². The van der Waals surface area contributed by atoms with Gasteiger partial charge in [-0.1, -0.05) is 33.9 Å². The molecule has 0 aliphatic heterocycles. The van der Waals surface area contributed by atoms with Gasteiger partial charge in [-0.15, -0.1) is 0 Å². The molecule has 0 aliphatic rings. The van der Waals surface area contributed by atoms with Crippen molar-refractivity contribution in [3.63, 3.8) is 0 Å². The van der Waals surface area contributed by atoms with Crippen molar-refractivity contribution in [3.05, 3.63) is 0 Å². The summed E-state index contributed by atoms with van der Waals surface area (Å²) in [5.41, 5.74) is 0. The number of hydrogen-bond donors (Lipinski definition) is 0. The summed E-state index contributed by atoms with van der Waals surface area (Å²) >= 11 is 6.22. The Labute approximate surface area is 66.3 Å². The van der Waals surface area contributed by atoms with E-state index in [0.29, 0.717) is 5.04 Å². The fourth-order valence-corrected chi connectivity index (χ4v) is 15.0. The van der Waals surface area contributed by atoms with Crippen LogP contribution in [-0.4, -0.2) is 15.9 Å². The molecule has 0 aliphatic carbocycles. The first kappa shape index (κ1) is 9.72. The predicted molar refractivity (Wildman–Crippen MR) is 51.6 cm³/mol. The molecule has 0 heterocycles. The Morgan fingerprint density at radius 3 is 1.56 bits per heavy atom. The maximum absolute atomic E-state index is 6.22. The fourth-order valence-electron chi connectivity index (χ4n) is 1.26. The van der Waals surface area contributed by atoms with Crippen LogP contribution in [0.25, 0.3) is 0 Å². The third-order valence-corrected chi connectivity index (χ3v) is 9.76. The van der Waals surface area contributed by atoms with Crippen LogP contribution in [0.1, 0.15) is 20.8 Å². The largest absolute Gasteiger partial charge is 0.172 e. The van der Waals surface area contributed by atoms with Gasteiger partial charge in [-0.05, 0) is 5.04 Å². The van der Waals surface area contributed by atoms with Crippen LogP contribution in [0, 0.1) is 0 Å². The molecule has 0 fully saturated rings. The number of halogens is 1. The molecule has 0 aromatic heterocycles. The normalized spacial score (nSPS) is 15.3. The first-order chi connectivity index (χ1) is 3.71. The Balaban J connectivity index is 3.75. The molecule has 0 bridgehead atoms. The summed E-state index contributed by atoms with van der Waals surface area (Å²) in [6.45, 7) is 10.2. The molecule has 0 saturated carbocycles. The molecule has 0 spiro atoms. The molecule has 0 aromatic rings. The van der Waals surface area contributed by atoms with Crippen molar-refractivity contribution < 1.29 is 0 Å². The van der Waals surface area contributed by atoms with Gasteiger partial charge >= 0.3 is 0 Å². The molecule has 0 saturated heterocycles. The minimum Gasteiger partial charge on any atom is -0.172 e. The molecule has 9 heavy (non-hydrogen) atoms. The van der Waals surface area contributed by atoms with Crippen molar-refractivity contribution in [2.75, 3.05) is 0 Å². The van der Waals surface area contributed by atoms with Crippen LogP contribution in [0.4, 0.5) is 0 Å². The Kier molecular flexibility index (Phi) is 2.99. The van der Waals surface area contributed by atoms with Gasteiger partial charge in [0.15, 0.2) is 0 Å². The van der Waals surface area contributed by atoms with Gasteiger partial charge < -0.3 is 0 Å². The molecular formula is C6H17ClSi2. The molecule has 0 rings (SSSR count). The second-order valence-corrected chi connectivity index (χ2v) is 21.1. The summed E-state index contributed by atoms with van der Waals surface area (Å²) < 4.78 is 0. The van der Waals surface area contributed by atoms with Gasteiger partial charge in [-0.25, -0.2) is 0 Å². The van der Waals surface area contributed by atoms with Crippen LogP contribution in [-0.2, 0) is 0 Å². The summed E-state index contributed by atoms with van der Waals surface area (Å²) in [4.78, 5) is 0. The van der Waals surface area contributed by atoms with Crippen LogP contribution in [0.5, 0.6) is 0 Å². The van der Waals surface area contributed by atoms with Gasteiger partial charge in [0.05, 0.1) is 0 Å². The quantitative estimate of drug-likeness (QED) is 0.430. The standard InChI is InChI=1S/C6H17ClSi2/c1-6(2,3)8-9(4,5)7/h8H2,1-5H3. The highest BCUT2D eigenvalue weighted by Gasteiger charge is 2.25. The maximum Gasteiger partial charge on any atom is 0.134 e. The molecule has 0 unspecified atom stereocenters. The predicted octanol–water partition coefficient (Wildman–Crippen LogP) is 2.31. The second kappa shape index (κ2) is 2.76. The van der Waals surface area contributed by atoms with E-state index in [9.17, 15) is 0 Å². The van der Waals surface area contributed by atoms with Crippen LogP contribution >= 0.6 is 11.1 Å². The third kappa shape index (κ3) is 8.72. The summed E-state index contributed by atoms with van der Waals surface area (Å²) in [5.74, 6) is 0. The van der Waals surface area contributed by atoms with Crippen molar-refractivity contribution in [2.45, 2.75) is 38.9 Å². The first-order valence-corrected chi connectivity index (χ1v) is 10.4. The van der Waals surface area contributed by atoms with E-state index in [1.807, 2.05) is 0 Å². The molecule has 0 aromatic carbocycles. The lowest BCUT2D eigenvalue weighted by Gasteiger charge is -2.23. The van der Waals surface area contributed by atoms with E-state index in [2.05, 4.69) is 33.9 Å². The highest BCUT2D eigenvalue weighted by molar-refractivity contribution is 7.47. The summed E-state index contributed by atoms with van der Waals surface area (Å²) in [6, 6.07) is 0. The average molecular weight is 181 g/mol. The highest BCUT2D eigenvalue weighted by Crippen LogP contribution is 2.25. The summed E-state index contributed by atoms with van der Waals surface area (Å²) in [5, 5.41) is 0.553. The Morgan fingerprint density at radius 2 is 1.56 bits per heavy atom. The van der Waals surface area contributed by atoms with Crippen LogP contribution in [0.15, 0.2) is 0 Å². The molecular weight excluding hydrogens is 164 g/mol. The van der Waals surface area contributed by atoms with Gasteiger partial charge in [0.1, 0.15) is 6.90 Å². The Hall–Kier alpha value is 0.724. The molecule has 0 amide bonds. The molecule has 0 nitrogen and oxygen atoms in total. The summed E-state index contributed by atoms with van der Waals surface area (Å²) in [7, 11) is -0.00772. The van der Waals surface area contributed by atoms with E-state index in [0.717, 1.165) is 0 Å². The van der Waals surface area contributed by atoms with Gasteiger partial charge in [0.25, 0.3) is 0 Å². The zero-order valence-electron chi connectivity index (χ0n) is 7.09. The molecule has 0 atom stereocenters. The number of rotatable bonds is 1. The molecule has 0 N–H and O–H groups in total. The minimum atomic E-state index is -1.18. The zero-order valence-corrected chi connectivity index (χ0v) is 10.3. The fraction of sp³-hybridized carbons (Fsp3) is 1.00. The van der Waals surface area contributed by atoms with Gasteiger partial charge in [0, 0.05) is 9.04 Å². The smallest absolute Gasteiger partial charge is 0.134 e. The third-order valence-electron chi connectivity index (χ3n) is 0.951. The summed E-state index contributed by atoms with van der Waals surface area (Å²) in [6.07, 6.45) is 0. The average Bonchev–Trinajstić information content (AvgIpc) is 1.14. The van der Waals surface area contributed by atoms with Crippen molar-refractivity contribution >= 4 is 27.0 Å². The van der Waals surface area contributed by atoms with E-state index >= 15 is 0 Å². The molecule has 56 valence electrons. The Bertz CT molecular complexity index is 76.2. The van der Waals surface area contributed by atoms with Crippen molar-refractivity contribution in [2.24, 2.45) is 0 Å². The number of hydrogen-bond acceptors (Lipinski definition) is 0. The monoisotopic (exact) mass is 180 g/mol. The highest BCUT2D eigenvalue weighted by atomic mass is 35.6. The van der Waals surface area contributed by atoms with E-state index < -0.39 is 6.90 Å². The van der Waals surface area contributed by atoms with Crippen molar-refractivity contribution in [1.82, 2.24) is 0 Å². The first-order valence-electron chi connectivity index (χ1n) is 3.40. The van der Waals surface area contributed by atoms with Gasteiger partial charge in [-0.2, -0.15) is 11.1 Å². The van der Waals surface area contributed by atoms with Crippen LogP contribution in [0.2, 0.25) is 18.1 Å². The van der Waals surface area contributed by atoms with E-state index in [1.54, 1.807) is 0 Å². The van der Waals surface area contributed by atoms with E-state index in [-0.39, 0.29) is 9.04 Å². The van der Waals surface area contributed by atoms with Crippen LogP contribution < -0.4 is 0 Å². The van der Waals surface area contributed by atoms with Crippen molar-refractivity contribution in [3.8, 4) is 0 Å². The lowest BCUT2D eigenvalue weighted by atomic mass is 10.3. The second-order valence-electron chi connectivity index (χ2n) is 4.46. The lowest BCUT2D eigenvalue weighted by Crippen LogP contribution is -2.33. The molecule has 0 radical (unpaired) electrons. The Morgan fingerprint density at radius 1 is 1.22 bits per heavy atom. The zero-order chi connectivity index (χ0) is 7.71. The SMILES string of the molecule is CC(C)(C)[SiH2][Si](C)(C)Cl.